The number of nitrogens with one attached hydrogen (secondary N) is 1. The summed E-state index contributed by atoms with van der Waals surface area (Å²) >= 11 is 0. The number of nitrogens with zero attached hydrogens (tertiary/aromatic N) is 1. The highest BCUT2D eigenvalue weighted by Gasteiger charge is 2.09. The molecule has 0 radical (unpaired) electrons. The minimum absolute atomic E-state index is 0.0929. The van der Waals surface area contributed by atoms with Crippen LogP contribution in [0.1, 0.15) is 19.3 Å². The number of benzene rings is 1. The van der Waals surface area contributed by atoms with E-state index in [1.165, 1.54) is 0 Å². The average Bonchev–Trinajstić information content (AvgIpc) is 2.64. The van der Waals surface area contributed by atoms with Crippen LogP contribution in [0.4, 0.5) is 0 Å². The molecule has 2 rings (SSSR count). The van der Waals surface area contributed by atoms with E-state index in [2.05, 4.69) is 10.2 Å². The Balaban J connectivity index is 1.47. The first kappa shape index (κ1) is 18.5. The second kappa shape index (κ2) is 10.9. The van der Waals surface area contributed by atoms with E-state index in [4.69, 9.17) is 14.2 Å². The standard InChI is InChI=1S/C18H28N2O4/c1-22-16-5-7-17(8-6-16)24-13-2-4-18(21)19-9-3-10-20-11-14-23-15-12-20/h5-8H,2-4,9-15H2,1H3,(H,19,21). The maximum absolute atomic E-state index is 11.8. The number of hydrogen-bond acceptors (Lipinski definition) is 5. The molecule has 1 aliphatic heterocycles. The summed E-state index contributed by atoms with van der Waals surface area (Å²) in [6.07, 6.45) is 2.18. The smallest absolute Gasteiger partial charge is 0.220 e. The number of methoxy groups -OCH3 is 1. The summed E-state index contributed by atoms with van der Waals surface area (Å²) in [7, 11) is 1.63. The lowest BCUT2D eigenvalue weighted by atomic mass is 10.3. The zero-order valence-electron chi connectivity index (χ0n) is 14.5. The molecule has 1 amide bonds. The van der Waals surface area contributed by atoms with E-state index in [9.17, 15) is 4.79 Å². The van der Waals surface area contributed by atoms with Crippen LogP contribution in [0.25, 0.3) is 0 Å². The molecular formula is C18H28N2O4. The highest BCUT2D eigenvalue weighted by atomic mass is 16.5. The van der Waals surface area contributed by atoms with Crippen molar-refractivity contribution >= 4 is 5.91 Å². The van der Waals surface area contributed by atoms with Gasteiger partial charge in [-0.05, 0) is 43.7 Å². The summed E-state index contributed by atoms with van der Waals surface area (Å²) in [5.74, 6) is 1.69. The van der Waals surface area contributed by atoms with Crippen molar-refractivity contribution in [3.8, 4) is 11.5 Å². The molecule has 6 nitrogen and oxygen atoms in total. The van der Waals surface area contributed by atoms with Crippen LogP contribution >= 0.6 is 0 Å². The summed E-state index contributed by atoms with van der Waals surface area (Å²) in [6, 6.07) is 7.45. The van der Waals surface area contributed by atoms with E-state index in [1.807, 2.05) is 24.3 Å². The molecule has 0 aromatic heterocycles. The van der Waals surface area contributed by atoms with Crippen LogP contribution in [0.3, 0.4) is 0 Å². The lowest BCUT2D eigenvalue weighted by Crippen LogP contribution is -2.38. The molecule has 0 unspecified atom stereocenters. The Labute approximate surface area is 144 Å². The summed E-state index contributed by atoms with van der Waals surface area (Å²) in [5.41, 5.74) is 0. The van der Waals surface area contributed by atoms with E-state index in [0.717, 1.165) is 57.3 Å². The van der Waals surface area contributed by atoms with E-state index in [-0.39, 0.29) is 5.91 Å². The van der Waals surface area contributed by atoms with E-state index in [0.29, 0.717) is 19.4 Å². The first-order valence-corrected chi connectivity index (χ1v) is 8.61. The Kier molecular flexibility index (Phi) is 8.41. The topological polar surface area (TPSA) is 60.0 Å². The minimum Gasteiger partial charge on any atom is -0.497 e. The van der Waals surface area contributed by atoms with Gasteiger partial charge in [-0.25, -0.2) is 0 Å². The fraction of sp³-hybridized carbons (Fsp3) is 0.611. The Bertz CT molecular complexity index is 472. The van der Waals surface area contributed by atoms with Crippen molar-refractivity contribution in [3.63, 3.8) is 0 Å². The molecule has 0 bridgehead atoms. The van der Waals surface area contributed by atoms with Gasteiger partial charge in [0.1, 0.15) is 11.5 Å². The normalized spacial score (nSPS) is 15.0. The van der Waals surface area contributed by atoms with Gasteiger partial charge < -0.3 is 19.5 Å². The molecule has 134 valence electrons. The molecule has 1 fully saturated rings. The van der Waals surface area contributed by atoms with E-state index >= 15 is 0 Å². The quantitative estimate of drug-likeness (QED) is 0.659. The number of ether oxygens (including phenoxy) is 3. The second-order valence-corrected chi connectivity index (χ2v) is 5.79. The molecule has 0 spiro atoms. The third-order valence-electron chi connectivity index (χ3n) is 3.95. The SMILES string of the molecule is COc1ccc(OCCCC(=O)NCCCN2CCOCC2)cc1. The molecule has 1 N–H and O–H groups in total. The maximum Gasteiger partial charge on any atom is 0.220 e. The summed E-state index contributed by atoms with van der Waals surface area (Å²) < 4.78 is 16.0. The Morgan fingerprint density at radius 1 is 1.17 bits per heavy atom. The number of carbonyl (C=O) groups excluding carboxylic acids is 1. The van der Waals surface area contributed by atoms with Gasteiger partial charge in [-0.1, -0.05) is 0 Å². The third-order valence-corrected chi connectivity index (χ3v) is 3.95. The number of hydrogen-bond donors (Lipinski definition) is 1. The van der Waals surface area contributed by atoms with Gasteiger partial charge in [0.15, 0.2) is 0 Å². The van der Waals surface area contributed by atoms with E-state index in [1.54, 1.807) is 7.11 Å². The fourth-order valence-corrected chi connectivity index (χ4v) is 2.54. The largest absolute Gasteiger partial charge is 0.497 e. The molecule has 1 heterocycles. The van der Waals surface area contributed by atoms with Gasteiger partial charge in [-0.15, -0.1) is 0 Å². The summed E-state index contributed by atoms with van der Waals surface area (Å²) in [4.78, 5) is 14.1. The molecular weight excluding hydrogens is 308 g/mol. The maximum atomic E-state index is 11.8. The second-order valence-electron chi connectivity index (χ2n) is 5.79. The zero-order valence-corrected chi connectivity index (χ0v) is 14.5. The van der Waals surface area contributed by atoms with Gasteiger partial charge in [0.05, 0.1) is 26.9 Å². The van der Waals surface area contributed by atoms with Crippen molar-refractivity contribution in [2.24, 2.45) is 0 Å². The summed E-state index contributed by atoms with van der Waals surface area (Å²) in [5, 5.41) is 2.97. The van der Waals surface area contributed by atoms with Crippen LogP contribution in [-0.4, -0.2) is 63.9 Å². The van der Waals surface area contributed by atoms with Gasteiger partial charge in [0.2, 0.25) is 5.91 Å². The van der Waals surface area contributed by atoms with Crippen molar-refractivity contribution in [2.75, 3.05) is 53.1 Å². The van der Waals surface area contributed by atoms with Crippen LogP contribution in [0.5, 0.6) is 11.5 Å². The number of morpholine rings is 1. The third kappa shape index (κ3) is 7.19. The number of carbonyl (C=O) groups is 1. The van der Waals surface area contributed by atoms with Crippen LogP contribution in [-0.2, 0) is 9.53 Å². The molecule has 0 aliphatic carbocycles. The van der Waals surface area contributed by atoms with Crippen molar-refractivity contribution in [2.45, 2.75) is 19.3 Å². The van der Waals surface area contributed by atoms with Crippen molar-refractivity contribution in [3.05, 3.63) is 24.3 Å². The van der Waals surface area contributed by atoms with E-state index < -0.39 is 0 Å². The van der Waals surface area contributed by atoms with Crippen LogP contribution in [0.15, 0.2) is 24.3 Å². The van der Waals surface area contributed by atoms with Gasteiger partial charge in [0, 0.05) is 26.1 Å². The molecule has 1 aliphatic rings. The molecule has 1 aromatic carbocycles. The average molecular weight is 336 g/mol. The Morgan fingerprint density at radius 3 is 2.58 bits per heavy atom. The van der Waals surface area contributed by atoms with Gasteiger partial charge >= 0.3 is 0 Å². The van der Waals surface area contributed by atoms with Gasteiger partial charge in [-0.3, -0.25) is 9.69 Å². The number of amides is 1. The van der Waals surface area contributed by atoms with Crippen molar-refractivity contribution in [1.29, 1.82) is 0 Å². The minimum atomic E-state index is 0.0929. The molecule has 0 saturated carbocycles. The highest BCUT2D eigenvalue weighted by Crippen LogP contribution is 2.17. The van der Waals surface area contributed by atoms with Crippen LogP contribution in [0, 0.1) is 0 Å². The monoisotopic (exact) mass is 336 g/mol. The fourth-order valence-electron chi connectivity index (χ4n) is 2.54. The number of rotatable bonds is 10. The molecule has 6 heteroatoms. The van der Waals surface area contributed by atoms with Gasteiger partial charge in [-0.2, -0.15) is 0 Å². The molecule has 0 atom stereocenters. The highest BCUT2D eigenvalue weighted by molar-refractivity contribution is 5.75. The Morgan fingerprint density at radius 2 is 1.88 bits per heavy atom. The van der Waals surface area contributed by atoms with Crippen LogP contribution in [0.2, 0.25) is 0 Å². The lowest BCUT2D eigenvalue weighted by molar-refractivity contribution is -0.121. The first-order chi connectivity index (χ1) is 11.8. The van der Waals surface area contributed by atoms with Gasteiger partial charge in [0.25, 0.3) is 0 Å². The first-order valence-electron chi connectivity index (χ1n) is 8.61. The van der Waals surface area contributed by atoms with Crippen molar-refractivity contribution in [1.82, 2.24) is 10.2 Å². The van der Waals surface area contributed by atoms with Crippen molar-refractivity contribution < 1.29 is 19.0 Å². The molecule has 24 heavy (non-hydrogen) atoms. The molecule has 1 aromatic rings. The summed E-state index contributed by atoms with van der Waals surface area (Å²) in [6.45, 7) is 5.92. The lowest BCUT2D eigenvalue weighted by Gasteiger charge is -2.26. The zero-order chi connectivity index (χ0) is 17.0. The van der Waals surface area contributed by atoms with Crippen LogP contribution < -0.4 is 14.8 Å². The predicted molar refractivity (Wildman–Crippen MR) is 92.6 cm³/mol. The predicted octanol–water partition coefficient (Wildman–Crippen LogP) is 1.69. The molecule has 1 saturated heterocycles. The Hall–Kier alpha value is -1.79.